The summed E-state index contributed by atoms with van der Waals surface area (Å²) in [6, 6.07) is 17.4. The summed E-state index contributed by atoms with van der Waals surface area (Å²) >= 11 is 0. The molecule has 1 heteroatoms. The number of hydrogen-bond donors (Lipinski definition) is 0. The summed E-state index contributed by atoms with van der Waals surface area (Å²) in [6.07, 6.45) is 0. The largest absolute Gasteiger partial charge is 0.220 e. The zero-order valence-corrected chi connectivity index (χ0v) is 12.6. The second-order valence-corrected chi connectivity index (χ2v) is 5.53. The van der Waals surface area contributed by atoms with Crippen molar-refractivity contribution in [2.75, 3.05) is 0 Å². The fourth-order valence-electron chi connectivity index (χ4n) is 2.85. The number of aromatic nitrogens is 1. The maximum atomic E-state index is 2.30. The molecule has 3 aromatic rings. The Morgan fingerprint density at radius 1 is 0.850 bits per heavy atom. The van der Waals surface area contributed by atoms with Gasteiger partial charge in [0.1, 0.15) is 7.05 Å². The van der Waals surface area contributed by atoms with Crippen LogP contribution in [0, 0.1) is 20.8 Å². The van der Waals surface area contributed by atoms with E-state index >= 15 is 0 Å². The summed E-state index contributed by atoms with van der Waals surface area (Å²) in [5.74, 6) is 0. The van der Waals surface area contributed by atoms with Gasteiger partial charge in [0.05, 0.1) is 5.39 Å². The Kier molecular flexibility index (Phi) is 3.06. The van der Waals surface area contributed by atoms with Gasteiger partial charge < -0.3 is 0 Å². The fourth-order valence-corrected chi connectivity index (χ4v) is 2.85. The van der Waals surface area contributed by atoms with E-state index in [-0.39, 0.29) is 0 Å². The first-order valence-electron chi connectivity index (χ1n) is 7.04. The molecule has 1 heterocycles. The van der Waals surface area contributed by atoms with Crippen LogP contribution in [0.4, 0.5) is 0 Å². The van der Waals surface area contributed by atoms with Crippen LogP contribution in [0.3, 0.4) is 0 Å². The molecule has 3 rings (SSSR count). The van der Waals surface area contributed by atoms with Crippen LogP contribution in [0.2, 0.25) is 0 Å². The quantitative estimate of drug-likeness (QED) is 0.577. The minimum absolute atomic E-state index is 1.28. The van der Waals surface area contributed by atoms with E-state index in [2.05, 4.69) is 80.9 Å². The van der Waals surface area contributed by atoms with Gasteiger partial charge in [-0.15, -0.1) is 0 Å². The molecule has 0 fully saturated rings. The number of benzene rings is 2. The van der Waals surface area contributed by atoms with E-state index in [0.717, 1.165) is 0 Å². The first-order chi connectivity index (χ1) is 9.59. The summed E-state index contributed by atoms with van der Waals surface area (Å²) in [5.41, 5.74) is 6.61. The van der Waals surface area contributed by atoms with Crippen LogP contribution in [0.5, 0.6) is 0 Å². The number of pyridine rings is 1. The van der Waals surface area contributed by atoms with E-state index in [4.69, 9.17) is 0 Å². The van der Waals surface area contributed by atoms with Crippen LogP contribution in [0.25, 0.3) is 22.0 Å². The lowest BCUT2D eigenvalue weighted by molar-refractivity contribution is -0.665. The normalized spacial score (nSPS) is 11.0. The molecule has 0 aliphatic heterocycles. The third-order valence-corrected chi connectivity index (χ3v) is 4.30. The van der Waals surface area contributed by atoms with Gasteiger partial charge in [0.25, 0.3) is 0 Å². The summed E-state index contributed by atoms with van der Waals surface area (Å²) in [7, 11) is 2.15. The summed E-state index contributed by atoms with van der Waals surface area (Å²) < 4.78 is 2.30. The average Bonchev–Trinajstić information content (AvgIpc) is 2.44. The molecule has 0 spiro atoms. The molecule has 0 atom stereocenters. The first-order valence-corrected chi connectivity index (χ1v) is 7.04. The van der Waals surface area contributed by atoms with Crippen LogP contribution in [0.15, 0.2) is 48.5 Å². The molecule has 0 amide bonds. The Morgan fingerprint density at radius 2 is 1.60 bits per heavy atom. The Morgan fingerprint density at radius 3 is 2.40 bits per heavy atom. The number of nitrogens with zero attached hydrogens (tertiary/aromatic N) is 1. The molecule has 0 saturated heterocycles. The first kappa shape index (κ1) is 12.9. The van der Waals surface area contributed by atoms with E-state index in [1.807, 2.05) is 0 Å². The lowest BCUT2D eigenvalue weighted by Crippen LogP contribution is -2.35. The SMILES string of the molecule is Cc1cccc(-c2c3ccccc3cc(C)[n+]2C)c1C. The summed E-state index contributed by atoms with van der Waals surface area (Å²) in [5, 5.41) is 2.62. The van der Waals surface area contributed by atoms with Gasteiger partial charge in [0.2, 0.25) is 5.69 Å². The van der Waals surface area contributed by atoms with E-state index in [9.17, 15) is 0 Å². The zero-order chi connectivity index (χ0) is 14.3. The number of hydrogen-bond acceptors (Lipinski definition) is 0. The maximum Gasteiger partial charge on any atom is 0.220 e. The standard InChI is InChI=1S/C19H20N/c1-13-8-7-11-17(15(13)3)19-18-10-6-5-9-16(18)12-14(2)20(19)4/h5-12H,1-4H3/q+1. The third kappa shape index (κ3) is 1.90. The second-order valence-electron chi connectivity index (χ2n) is 5.53. The fraction of sp³-hybridized carbons (Fsp3) is 0.211. The Balaban J connectivity index is 2.46. The lowest BCUT2D eigenvalue weighted by atomic mass is 9.96. The van der Waals surface area contributed by atoms with Crippen LogP contribution in [0.1, 0.15) is 16.8 Å². The van der Waals surface area contributed by atoms with Crippen LogP contribution >= 0.6 is 0 Å². The minimum Gasteiger partial charge on any atom is -0.198 e. The molecule has 0 radical (unpaired) electrons. The van der Waals surface area contributed by atoms with Crippen molar-refractivity contribution in [1.82, 2.24) is 0 Å². The molecular weight excluding hydrogens is 242 g/mol. The maximum absolute atomic E-state index is 2.30. The Bertz CT molecular complexity index is 800. The highest BCUT2D eigenvalue weighted by Crippen LogP contribution is 2.29. The van der Waals surface area contributed by atoms with Gasteiger partial charge in [-0.25, -0.2) is 0 Å². The Hall–Kier alpha value is -2.15. The smallest absolute Gasteiger partial charge is 0.198 e. The van der Waals surface area contributed by atoms with Crippen LogP contribution < -0.4 is 4.57 Å². The van der Waals surface area contributed by atoms with Crippen LogP contribution in [-0.4, -0.2) is 0 Å². The van der Waals surface area contributed by atoms with Gasteiger partial charge in [-0.3, -0.25) is 0 Å². The summed E-state index contributed by atoms with van der Waals surface area (Å²) in [4.78, 5) is 0. The van der Waals surface area contributed by atoms with Crippen LogP contribution in [-0.2, 0) is 7.05 Å². The van der Waals surface area contributed by atoms with Crippen molar-refractivity contribution in [3.05, 3.63) is 65.4 Å². The topological polar surface area (TPSA) is 3.88 Å². The highest BCUT2D eigenvalue weighted by molar-refractivity contribution is 5.93. The van der Waals surface area contributed by atoms with Crippen molar-refractivity contribution in [2.45, 2.75) is 20.8 Å². The molecule has 0 aliphatic rings. The molecule has 0 aliphatic carbocycles. The van der Waals surface area contributed by atoms with Gasteiger partial charge in [-0.05, 0) is 42.5 Å². The molecule has 0 bridgehead atoms. The molecule has 1 nitrogen and oxygen atoms in total. The number of rotatable bonds is 1. The third-order valence-electron chi connectivity index (χ3n) is 4.30. The highest BCUT2D eigenvalue weighted by Gasteiger charge is 2.19. The predicted molar refractivity (Wildman–Crippen MR) is 84.8 cm³/mol. The predicted octanol–water partition coefficient (Wildman–Crippen LogP) is 4.26. The molecule has 2 aromatic carbocycles. The molecule has 0 saturated carbocycles. The molecule has 100 valence electrons. The van der Waals surface area contributed by atoms with Gasteiger partial charge in [-0.2, -0.15) is 4.57 Å². The van der Waals surface area contributed by atoms with E-state index < -0.39 is 0 Å². The van der Waals surface area contributed by atoms with E-state index in [0.29, 0.717) is 0 Å². The number of fused-ring (bicyclic) bond motifs is 1. The lowest BCUT2D eigenvalue weighted by Gasteiger charge is -2.11. The molecule has 0 unspecified atom stereocenters. The highest BCUT2D eigenvalue weighted by atomic mass is 14.9. The van der Waals surface area contributed by atoms with Crippen molar-refractivity contribution in [3.8, 4) is 11.3 Å². The molecule has 20 heavy (non-hydrogen) atoms. The molecular formula is C19H20N+. The zero-order valence-electron chi connectivity index (χ0n) is 12.6. The van der Waals surface area contributed by atoms with Crippen molar-refractivity contribution in [3.63, 3.8) is 0 Å². The van der Waals surface area contributed by atoms with Crippen molar-refractivity contribution in [2.24, 2.45) is 7.05 Å². The molecule has 1 aromatic heterocycles. The summed E-state index contributed by atoms with van der Waals surface area (Å²) in [6.45, 7) is 6.56. The Labute approximate surface area is 120 Å². The van der Waals surface area contributed by atoms with Crippen molar-refractivity contribution in [1.29, 1.82) is 0 Å². The van der Waals surface area contributed by atoms with Gasteiger partial charge in [-0.1, -0.05) is 30.3 Å². The molecule has 0 N–H and O–H groups in total. The monoisotopic (exact) mass is 262 g/mol. The minimum atomic E-state index is 1.28. The van der Waals surface area contributed by atoms with E-state index in [1.54, 1.807) is 0 Å². The second kappa shape index (κ2) is 4.75. The van der Waals surface area contributed by atoms with Gasteiger partial charge in [0.15, 0.2) is 5.69 Å². The van der Waals surface area contributed by atoms with Crippen molar-refractivity contribution >= 4 is 10.8 Å². The average molecular weight is 262 g/mol. The van der Waals surface area contributed by atoms with Crippen molar-refractivity contribution < 1.29 is 4.57 Å². The number of aryl methyl sites for hydroxylation is 2. The van der Waals surface area contributed by atoms with E-state index in [1.165, 1.54) is 38.9 Å². The van der Waals surface area contributed by atoms with Gasteiger partial charge >= 0.3 is 0 Å². The van der Waals surface area contributed by atoms with Gasteiger partial charge in [0, 0.05) is 18.6 Å².